The Kier molecular flexibility index (Phi) is 12.1. The highest BCUT2D eigenvalue weighted by molar-refractivity contribution is 6.25. The van der Waals surface area contributed by atoms with Crippen molar-refractivity contribution in [2.24, 2.45) is 5.92 Å². The van der Waals surface area contributed by atoms with Gasteiger partial charge >= 0.3 is 12.1 Å². The van der Waals surface area contributed by atoms with E-state index in [4.69, 9.17) is 19.3 Å². The van der Waals surface area contributed by atoms with Crippen molar-refractivity contribution in [1.82, 2.24) is 4.90 Å². The number of aliphatic hydroxyl groups excluding tert-OH is 1. The lowest BCUT2D eigenvalue weighted by molar-refractivity contribution is -0.158. The number of ether oxygens (including phenoxy) is 3. The number of imide groups is 1. The summed E-state index contributed by atoms with van der Waals surface area (Å²) >= 11 is 0. The second-order valence-corrected chi connectivity index (χ2v) is 10.1. The third-order valence-electron chi connectivity index (χ3n) is 6.77. The standard InChI is InChI=1S/C32H37NO9/c1-21-9-7-12-25(17-21)27(28(36)13-8-15-40-16-14-34)19-29(37)30(42-23(3)35)22(2)31(38)33-26(20-41-32(33)39)18-24-10-5-4-6-11-24/h4-7,9-12,17,19,22,26,30,34H,8,13-16,18,20H2,1-3H3/t22-,26-,30-/m0/s1. The molecule has 1 fully saturated rings. The molecule has 0 saturated carbocycles. The van der Waals surface area contributed by atoms with Crippen LogP contribution in [0.25, 0.3) is 5.57 Å². The summed E-state index contributed by atoms with van der Waals surface area (Å²) in [6.07, 6.45) is -0.542. The predicted octanol–water partition coefficient (Wildman–Crippen LogP) is 3.46. The number of hydrogen-bond acceptors (Lipinski definition) is 9. The lowest BCUT2D eigenvalue weighted by Crippen LogP contribution is -2.48. The van der Waals surface area contributed by atoms with Gasteiger partial charge in [0.2, 0.25) is 5.91 Å². The summed E-state index contributed by atoms with van der Waals surface area (Å²) in [5.41, 5.74) is 2.35. The minimum Gasteiger partial charge on any atom is -0.453 e. The molecule has 2 aromatic rings. The monoisotopic (exact) mass is 579 g/mol. The Hall–Kier alpha value is -4.15. The van der Waals surface area contributed by atoms with Gasteiger partial charge in [-0.15, -0.1) is 0 Å². The molecular formula is C32H37NO9. The quantitative estimate of drug-likeness (QED) is 0.191. The van der Waals surface area contributed by atoms with E-state index in [1.807, 2.05) is 43.3 Å². The van der Waals surface area contributed by atoms with Gasteiger partial charge in [0.1, 0.15) is 6.61 Å². The van der Waals surface area contributed by atoms with E-state index in [-0.39, 0.29) is 44.2 Å². The summed E-state index contributed by atoms with van der Waals surface area (Å²) < 4.78 is 15.7. The van der Waals surface area contributed by atoms with E-state index in [2.05, 4.69) is 0 Å². The highest BCUT2D eigenvalue weighted by Gasteiger charge is 2.43. The molecule has 42 heavy (non-hydrogen) atoms. The lowest BCUT2D eigenvalue weighted by Gasteiger charge is -2.26. The molecule has 2 aromatic carbocycles. The summed E-state index contributed by atoms with van der Waals surface area (Å²) in [5.74, 6) is -3.87. The number of carbonyl (C=O) groups is 5. The summed E-state index contributed by atoms with van der Waals surface area (Å²) in [5, 5.41) is 8.87. The lowest BCUT2D eigenvalue weighted by atomic mass is 9.92. The van der Waals surface area contributed by atoms with Crippen molar-refractivity contribution in [3.05, 3.63) is 77.4 Å². The van der Waals surface area contributed by atoms with Crippen LogP contribution in [0.3, 0.4) is 0 Å². The number of ketones is 2. The molecule has 1 heterocycles. The summed E-state index contributed by atoms with van der Waals surface area (Å²) in [4.78, 5) is 66.1. The van der Waals surface area contributed by atoms with Gasteiger partial charge in [-0.05, 0) is 43.9 Å². The van der Waals surface area contributed by atoms with Crippen LogP contribution in [0, 0.1) is 12.8 Å². The number of allylic oxidation sites excluding steroid dienone is 1. The minimum absolute atomic E-state index is 0.00764. The van der Waals surface area contributed by atoms with Crippen LogP contribution in [-0.4, -0.2) is 78.1 Å². The van der Waals surface area contributed by atoms with Crippen molar-refractivity contribution in [2.45, 2.75) is 52.2 Å². The van der Waals surface area contributed by atoms with Gasteiger partial charge in [-0.2, -0.15) is 0 Å². The Labute approximate surface area is 245 Å². The van der Waals surface area contributed by atoms with Crippen LogP contribution < -0.4 is 0 Å². The Morgan fingerprint density at radius 2 is 1.83 bits per heavy atom. The second kappa shape index (κ2) is 15.7. The number of carbonyl (C=O) groups excluding carboxylic acids is 5. The number of esters is 1. The molecule has 3 rings (SSSR count). The number of aliphatic hydroxyl groups is 1. The average molecular weight is 580 g/mol. The van der Waals surface area contributed by atoms with Crippen molar-refractivity contribution in [2.75, 3.05) is 26.4 Å². The zero-order chi connectivity index (χ0) is 30.6. The first-order valence-electron chi connectivity index (χ1n) is 13.9. The van der Waals surface area contributed by atoms with E-state index < -0.39 is 41.8 Å². The molecule has 1 aliphatic heterocycles. The first kappa shape index (κ1) is 32.4. The maximum Gasteiger partial charge on any atom is 0.416 e. The molecule has 0 aliphatic carbocycles. The van der Waals surface area contributed by atoms with E-state index in [1.54, 1.807) is 18.2 Å². The molecule has 0 aromatic heterocycles. The Morgan fingerprint density at radius 1 is 1.10 bits per heavy atom. The summed E-state index contributed by atoms with van der Waals surface area (Å²) in [7, 11) is 0. The molecule has 0 bridgehead atoms. The molecule has 1 saturated heterocycles. The number of benzene rings is 2. The molecule has 0 spiro atoms. The van der Waals surface area contributed by atoms with Gasteiger partial charge in [0, 0.05) is 25.5 Å². The molecule has 3 atom stereocenters. The molecule has 0 unspecified atom stereocenters. The van der Waals surface area contributed by atoms with Gasteiger partial charge in [-0.3, -0.25) is 19.2 Å². The third-order valence-corrected chi connectivity index (χ3v) is 6.77. The Balaban J connectivity index is 1.88. The number of rotatable bonds is 15. The maximum absolute atomic E-state index is 13.6. The number of Topliss-reactive ketones (excluding diaryl/α,β-unsaturated/α-hetero) is 1. The molecule has 2 amide bonds. The van der Waals surface area contributed by atoms with Crippen LogP contribution in [0.1, 0.15) is 43.4 Å². The van der Waals surface area contributed by atoms with Crippen molar-refractivity contribution >= 4 is 35.1 Å². The molecule has 10 nitrogen and oxygen atoms in total. The zero-order valence-corrected chi connectivity index (χ0v) is 24.1. The number of amides is 2. The van der Waals surface area contributed by atoms with Gasteiger partial charge in [-0.1, -0.05) is 60.2 Å². The first-order valence-corrected chi connectivity index (χ1v) is 13.9. The van der Waals surface area contributed by atoms with Crippen LogP contribution in [0.4, 0.5) is 4.79 Å². The number of aryl methyl sites for hydroxylation is 1. The molecule has 224 valence electrons. The topological polar surface area (TPSA) is 137 Å². The van der Waals surface area contributed by atoms with Crippen molar-refractivity contribution < 1.29 is 43.3 Å². The van der Waals surface area contributed by atoms with Crippen LogP contribution >= 0.6 is 0 Å². The van der Waals surface area contributed by atoms with Crippen molar-refractivity contribution in [3.8, 4) is 0 Å². The Bertz CT molecular complexity index is 1300. The normalized spacial score (nSPS) is 16.5. The van der Waals surface area contributed by atoms with Gasteiger partial charge in [0.05, 0.1) is 25.2 Å². The van der Waals surface area contributed by atoms with E-state index in [0.717, 1.165) is 29.0 Å². The third kappa shape index (κ3) is 8.92. The molecule has 0 radical (unpaired) electrons. The van der Waals surface area contributed by atoms with Crippen LogP contribution in [0.15, 0.2) is 60.7 Å². The van der Waals surface area contributed by atoms with Crippen molar-refractivity contribution in [1.29, 1.82) is 0 Å². The van der Waals surface area contributed by atoms with Crippen LogP contribution in [-0.2, 0) is 39.8 Å². The van der Waals surface area contributed by atoms with Gasteiger partial charge < -0.3 is 19.3 Å². The maximum atomic E-state index is 13.6. The smallest absolute Gasteiger partial charge is 0.416 e. The fourth-order valence-corrected chi connectivity index (χ4v) is 4.70. The molecule has 1 N–H and O–H groups in total. The van der Waals surface area contributed by atoms with E-state index in [1.165, 1.54) is 6.92 Å². The highest BCUT2D eigenvalue weighted by atomic mass is 16.6. The van der Waals surface area contributed by atoms with E-state index >= 15 is 0 Å². The Morgan fingerprint density at radius 3 is 2.50 bits per heavy atom. The number of nitrogens with zero attached hydrogens (tertiary/aromatic N) is 1. The summed E-state index contributed by atoms with van der Waals surface area (Å²) in [6, 6.07) is 15.7. The zero-order valence-electron chi connectivity index (χ0n) is 24.1. The fraction of sp³-hybridized carbons (Fsp3) is 0.406. The summed E-state index contributed by atoms with van der Waals surface area (Å²) in [6.45, 7) is 4.63. The van der Waals surface area contributed by atoms with Gasteiger partial charge in [0.15, 0.2) is 17.7 Å². The number of hydrogen-bond donors (Lipinski definition) is 1. The molecular weight excluding hydrogens is 542 g/mol. The van der Waals surface area contributed by atoms with Gasteiger partial charge in [0.25, 0.3) is 0 Å². The SMILES string of the molecule is CC(=O)O[C@H](C(=O)C=C(C(=O)CCCOCCO)c1cccc(C)c1)[C@H](C)C(=O)N1C(=O)OC[C@@H]1Cc1ccccc1. The highest BCUT2D eigenvalue weighted by Crippen LogP contribution is 2.25. The fourth-order valence-electron chi connectivity index (χ4n) is 4.70. The minimum atomic E-state index is -1.58. The average Bonchev–Trinajstić information content (AvgIpc) is 3.33. The van der Waals surface area contributed by atoms with Gasteiger partial charge in [-0.25, -0.2) is 9.69 Å². The largest absolute Gasteiger partial charge is 0.453 e. The first-order chi connectivity index (χ1) is 20.1. The molecule has 10 heteroatoms. The van der Waals surface area contributed by atoms with Crippen LogP contribution in [0.5, 0.6) is 0 Å². The second-order valence-electron chi connectivity index (χ2n) is 10.1. The molecule has 1 aliphatic rings. The van der Waals surface area contributed by atoms with Crippen molar-refractivity contribution in [3.63, 3.8) is 0 Å². The van der Waals surface area contributed by atoms with Crippen LogP contribution in [0.2, 0.25) is 0 Å². The van der Waals surface area contributed by atoms with E-state index in [0.29, 0.717) is 18.4 Å². The predicted molar refractivity (Wildman–Crippen MR) is 153 cm³/mol. The van der Waals surface area contributed by atoms with E-state index in [9.17, 15) is 24.0 Å². The number of cyclic esters (lactones) is 1.